The molecule has 1 fully saturated rings. The van der Waals surface area contributed by atoms with E-state index < -0.39 is 0 Å². The van der Waals surface area contributed by atoms with E-state index in [1.54, 1.807) is 13.2 Å². The average Bonchev–Trinajstić information content (AvgIpc) is 3.37. The highest BCUT2D eigenvalue weighted by Gasteiger charge is 2.27. The summed E-state index contributed by atoms with van der Waals surface area (Å²) in [6, 6.07) is 3.84. The van der Waals surface area contributed by atoms with Crippen LogP contribution in [0.1, 0.15) is 39.9 Å². The lowest BCUT2D eigenvalue weighted by Gasteiger charge is -2.25. The first-order valence-electron chi connectivity index (χ1n) is 8.67. The number of aryl methyl sites for hydroxylation is 1. The Morgan fingerprint density at radius 3 is 2.96 bits per heavy atom. The lowest BCUT2D eigenvalue weighted by Crippen LogP contribution is -2.36. The summed E-state index contributed by atoms with van der Waals surface area (Å²) in [6.45, 7) is 4.25. The fraction of sp³-hybridized carbons (Fsp3) is 0.389. The van der Waals surface area contributed by atoms with Gasteiger partial charge in [0.25, 0.3) is 11.5 Å². The van der Waals surface area contributed by atoms with E-state index in [9.17, 15) is 9.59 Å². The van der Waals surface area contributed by atoms with Gasteiger partial charge in [0.15, 0.2) is 0 Å². The third-order valence-corrected chi connectivity index (χ3v) is 6.05. The van der Waals surface area contributed by atoms with E-state index in [0.717, 1.165) is 31.7 Å². The second kappa shape index (κ2) is 7.05. The number of thiophene rings is 1. The third-order valence-electron chi connectivity index (χ3n) is 4.85. The van der Waals surface area contributed by atoms with Crippen molar-refractivity contribution in [2.24, 2.45) is 0 Å². The number of rotatable bonds is 5. The molecule has 0 unspecified atom stereocenters. The number of furan rings is 1. The summed E-state index contributed by atoms with van der Waals surface area (Å²) in [4.78, 5) is 34.9. The summed E-state index contributed by atoms with van der Waals surface area (Å²) in [5.74, 6) is 0.680. The summed E-state index contributed by atoms with van der Waals surface area (Å²) in [6.07, 6.45) is 5.35. The zero-order chi connectivity index (χ0) is 18.1. The molecule has 136 valence electrons. The molecule has 7 nitrogen and oxygen atoms in total. The van der Waals surface area contributed by atoms with Crippen LogP contribution >= 0.6 is 11.3 Å². The van der Waals surface area contributed by atoms with Crippen LogP contribution in [0, 0.1) is 6.92 Å². The molecule has 3 aromatic rings. The second-order valence-electron chi connectivity index (χ2n) is 6.45. The van der Waals surface area contributed by atoms with Gasteiger partial charge in [0.1, 0.15) is 10.6 Å². The van der Waals surface area contributed by atoms with Gasteiger partial charge < -0.3 is 14.7 Å². The first-order valence-corrected chi connectivity index (χ1v) is 9.49. The number of fused-ring (bicyclic) bond motifs is 1. The molecule has 2 N–H and O–H groups in total. The van der Waals surface area contributed by atoms with Gasteiger partial charge in [0.2, 0.25) is 0 Å². The lowest BCUT2D eigenvalue weighted by atomic mass is 10.1. The van der Waals surface area contributed by atoms with E-state index in [-0.39, 0.29) is 17.5 Å². The number of amides is 1. The Balaban J connectivity index is 1.55. The Labute approximate surface area is 154 Å². The zero-order valence-corrected chi connectivity index (χ0v) is 15.3. The minimum atomic E-state index is -0.215. The first kappa shape index (κ1) is 17.0. The third kappa shape index (κ3) is 3.06. The maximum atomic E-state index is 12.7. The minimum absolute atomic E-state index is 0.0210. The molecule has 0 aliphatic carbocycles. The Kier molecular flexibility index (Phi) is 4.60. The van der Waals surface area contributed by atoms with Gasteiger partial charge in [-0.3, -0.25) is 14.5 Å². The van der Waals surface area contributed by atoms with Crippen molar-refractivity contribution in [3.8, 4) is 0 Å². The molecular formula is C18H20N4O3S. The summed E-state index contributed by atoms with van der Waals surface area (Å²) in [5, 5.41) is 3.51. The van der Waals surface area contributed by atoms with Crippen molar-refractivity contribution >= 4 is 27.5 Å². The van der Waals surface area contributed by atoms with Crippen LogP contribution in [-0.2, 0) is 0 Å². The van der Waals surface area contributed by atoms with Crippen LogP contribution in [0.2, 0.25) is 0 Å². The second-order valence-corrected chi connectivity index (χ2v) is 7.45. The Morgan fingerprint density at radius 2 is 2.27 bits per heavy atom. The standard InChI is InChI=1S/C18H20N4O3S/c1-11-14-16(23)20-10-21-18(14)26-15(11)17(24)19-9-12(13-5-4-8-25-13)22-6-2-3-7-22/h4-5,8,10,12H,2-3,6-7,9H2,1H3,(H,19,24)(H,20,21,23)/t12-/m1/s1. The van der Waals surface area contributed by atoms with Crippen LogP contribution in [-0.4, -0.2) is 40.4 Å². The van der Waals surface area contributed by atoms with Crippen LogP contribution in [0.15, 0.2) is 33.9 Å². The van der Waals surface area contributed by atoms with E-state index in [1.807, 2.05) is 12.1 Å². The van der Waals surface area contributed by atoms with Gasteiger partial charge in [0.05, 0.1) is 28.9 Å². The highest BCUT2D eigenvalue weighted by Crippen LogP contribution is 2.28. The first-order chi connectivity index (χ1) is 12.6. The van der Waals surface area contributed by atoms with Gasteiger partial charge >= 0.3 is 0 Å². The molecule has 0 saturated carbocycles. The topological polar surface area (TPSA) is 91.2 Å². The lowest BCUT2D eigenvalue weighted by molar-refractivity contribution is 0.0937. The van der Waals surface area contributed by atoms with Crippen LogP contribution in [0.5, 0.6) is 0 Å². The molecule has 0 radical (unpaired) electrons. The largest absolute Gasteiger partial charge is 0.468 e. The summed E-state index contributed by atoms with van der Waals surface area (Å²) in [5.41, 5.74) is 0.459. The number of likely N-dealkylation sites (tertiary alicyclic amines) is 1. The van der Waals surface area contributed by atoms with Crippen LogP contribution in [0.25, 0.3) is 10.2 Å². The number of H-pyrrole nitrogens is 1. The van der Waals surface area contributed by atoms with Crippen molar-refractivity contribution in [1.29, 1.82) is 0 Å². The summed E-state index contributed by atoms with van der Waals surface area (Å²) in [7, 11) is 0. The van der Waals surface area contributed by atoms with Gasteiger partial charge in [-0.1, -0.05) is 0 Å². The van der Waals surface area contributed by atoms with Crippen molar-refractivity contribution in [2.75, 3.05) is 19.6 Å². The minimum Gasteiger partial charge on any atom is -0.468 e. The van der Waals surface area contributed by atoms with E-state index in [1.165, 1.54) is 17.7 Å². The summed E-state index contributed by atoms with van der Waals surface area (Å²) >= 11 is 1.25. The van der Waals surface area contributed by atoms with Gasteiger partial charge in [-0.05, 0) is 50.6 Å². The van der Waals surface area contributed by atoms with Crippen LogP contribution in [0.3, 0.4) is 0 Å². The van der Waals surface area contributed by atoms with E-state index in [0.29, 0.717) is 27.2 Å². The van der Waals surface area contributed by atoms with Gasteiger partial charge in [-0.2, -0.15) is 0 Å². The highest BCUT2D eigenvalue weighted by atomic mass is 32.1. The molecule has 1 atom stereocenters. The quantitative estimate of drug-likeness (QED) is 0.718. The maximum Gasteiger partial charge on any atom is 0.261 e. The number of aromatic amines is 1. The normalized spacial score (nSPS) is 16.2. The fourth-order valence-electron chi connectivity index (χ4n) is 3.51. The molecule has 0 bridgehead atoms. The molecular weight excluding hydrogens is 352 g/mol. The number of aromatic nitrogens is 2. The van der Waals surface area contributed by atoms with Crippen LogP contribution in [0.4, 0.5) is 0 Å². The van der Waals surface area contributed by atoms with Crippen molar-refractivity contribution < 1.29 is 9.21 Å². The van der Waals surface area contributed by atoms with Gasteiger partial charge in [0, 0.05) is 6.54 Å². The molecule has 1 aliphatic heterocycles. The van der Waals surface area contributed by atoms with Crippen molar-refractivity contribution in [3.63, 3.8) is 0 Å². The molecule has 4 rings (SSSR count). The molecule has 8 heteroatoms. The number of hydrogen-bond acceptors (Lipinski definition) is 6. The Morgan fingerprint density at radius 1 is 1.46 bits per heavy atom. The van der Waals surface area contributed by atoms with Gasteiger partial charge in [-0.25, -0.2) is 4.98 Å². The fourth-order valence-corrected chi connectivity index (χ4v) is 4.57. The van der Waals surface area contributed by atoms with Crippen molar-refractivity contribution in [3.05, 3.63) is 51.3 Å². The molecule has 1 aliphatic rings. The van der Waals surface area contributed by atoms with E-state index >= 15 is 0 Å². The summed E-state index contributed by atoms with van der Waals surface area (Å²) < 4.78 is 5.59. The van der Waals surface area contributed by atoms with Crippen LogP contribution < -0.4 is 10.9 Å². The smallest absolute Gasteiger partial charge is 0.261 e. The highest BCUT2D eigenvalue weighted by molar-refractivity contribution is 7.20. The number of carbonyl (C=O) groups excluding carboxylic acids is 1. The molecule has 1 saturated heterocycles. The average molecular weight is 372 g/mol. The van der Waals surface area contributed by atoms with E-state index in [2.05, 4.69) is 20.2 Å². The molecule has 0 spiro atoms. The monoisotopic (exact) mass is 372 g/mol. The Hall–Kier alpha value is -2.45. The molecule has 4 heterocycles. The maximum absolute atomic E-state index is 12.7. The molecule has 26 heavy (non-hydrogen) atoms. The Bertz CT molecular complexity index is 970. The number of carbonyl (C=O) groups is 1. The van der Waals surface area contributed by atoms with E-state index in [4.69, 9.17) is 4.42 Å². The number of nitrogens with one attached hydrogen (secondary N) is 2. The predicted molar refractivity (Wildman–Crippen MR) is 99.6 cm³/mol. The molecule has 0 aromatic carbocycles. The van der Waals surface area contributed by atoms with Gasteiger partial charge in [-0.15, -0.1) is 11.3 Å². The molecule has 3 aromatic heterocycles. The molecule has 1 amide bonds. The number of nitrogens with zero attached hydrogens (tertiary/aromatic N) is 2. The predicted octanol–water partition coefficient (Wildman–Crippen LogP) is 2.45. The van der Waals surface area contributed by atoms with Crippen molar-refractivity contribution in [2.45, 2.75) is 25.8 Å². The van der Waals surface area contributed by atoms with Crippen molar-refractivity contribution in [1.82, 2.24) is 20.2 Å². The zero-order valence-electron chi connectivity index (χ0n) is 14.4. The SMILES string of the molecule is Cc1c(C(=O)NC[C@H](c2ccco2)N2CCCC2)sc2nc[nH]c(=O)c12. The number of hydrogen-bond donors (Lipinski definition) is 2.